The van der Waals surface area contributed by atoms with Gasteiger partial charge >= 0.3 is 0 Å². The Morgan fingerprint density at radius 3 is 2.70 bits per heavy atom. The van der Waals surface area contributed by atoms with Crippen LogP contribution in [0, 0.1) is 13.8 Å². The molecule has 1 aliphatic heterocycles. The molecule has 1 atom stereocenters. The summed E-state index contributed by atoms with van der Waals surface area (Å²) < 4.78 is 0. The molecule has 0 bridgehead atoms. The molecule has 1 heterocycles. The smallest absolute Gasteiger partial charge is 0.238 e. The maximum atomic E-state index is 12.5. The Bertz CT molecular complexity index is 909. The summed E-state index contributed by atoms with van der Waals surface area (Å²) in [6.07, 6.45) is 1.70. The summed E-state index contributed by atoms with van der Waals surface area (Å²) in [5, 5.41) is 13.3. The fourth-order valence-electron chi connectivity index (χ4n) is 2.47. The molecule has 0 aliphatic carbocycles. The summed E-state index contributed by atoms with van der Waals surface area (Å²) in [5.74, 6) is -0.472. The second-order valence-corrected chi connectivity index (χ2v) is 7.40. The number of benzene rings is 2. The average molecular weight is 380 g/mol. The average Bonchev–Trinajstić information content (AvgIpc) is 2.65. The Hall–Kier alpha value is -2.93. The molecular weight excluding hydrogens is 360 g/mol. The molecule has 0 aromatic heterocycles. The number of amides is 2. The van der Waals surface area contributed by atoms with E-state index in [9.17, 15) is 9.59 Å². The molecule has 138 valence electrons. The highest BCUT2D eigenvalue weighted by Crippen LogP contribution is 2.23. The zero-order valence-electron chi connectivity index (χ0n) is 15.1. The van der Waals surface area contributed by atoms with Crippen LogP contribution < -0.4 is 10.6 Å². The number of anilines is 1. The molecule has 2 amide bonds. The Kier molecular flexibility index (Phi) is 6.03. The van der Waals surface area contributed by atoms with Crippen LogP contribution in [0.3, 0.4) is 0 Å². The normalized spacial score (nSPS) is 18.5. The van der Waals surface area contributed by atoms with Gasteiger partial charge in [0.1, 0.15) is 5.25 Å². The van der Waals surface area contributed by atoms with Gasteiger partial charge in [0.15, 0.2) is 5.17 Å². The first-order valence-electron chi connectivity index (χ1n) is 8.52. The van der Waals surface area contributed by atoms with Crippen LogP contribution in [-0.4, -0.2) is 28.4 Å². The second kappa shape index (κ2) is 8.64. The number of thioether (sulfide) groups is 1. The third-order valence-electron chi connectivity index (χ3n) is 4.09. The van der Waals surface area contributed by atoms with Crippen LogP contribution >= 0.6 is 11.8 Å². The first kappa shape index (κ1) is 18.8. The van der Waals surface area contributed by atoms with E-state index in [4.69, 9.17) is 0 Å². The van der Waals surface area contributed by atoms with E-state index >= 15 is 0 Å². The second-order valence-electron chi connectivity index (χ2n) is 6.21. The van der Waals surface area contributed by atoms with Gasteiger partial charge in [0.2, 0.25) is 11.8 Å². The number of hydrogen-bond donors (Lipinski definition) is 2. The van der Waals surface area contributed by atoms with E-state index in [1.54, 1.807) is 6.21 Å². The molecule has 2 aromatic rings. The number of hydrogen-bond acceptors (Lipinski definition) is 5. The number of carbonyl (C=O) groups excluding carboxylic acids is 2. The summed E-state index contributed by atoms with van der Waals surface area (Å²) in [6.45, 7) is 4.00. The van der Waals surface area contributed by atoms with Gasteiger partial charge in [-0.2, -0.15) is 5.10 Å². The topological polar surface area (TPSA) is 82.9 Å². The first-order chi connectivity index (χ1) is 13.0. The molecule has 2 N–H and O–H groups in total. The van der Waals surface area contributed by atoms with Crippen LogP contribution in [0.25, 0.3) is 0 Å². The molecule has 1 saturated heterocycles. The lowest BCUT2D eigenvalue weighted by molar-refractivity contribution is -0.123. The standard InChI is InChI=1S/C20H20N4O2S/c1-13-8-9-16(10-14(13)2)22-19(26)17-11-18(25)23-20(27-17)24-21-12-15-6-4-3-5-7-15/h3-10,12,17H,11H2,1-2H3,(H,22,26)(H,23,24,25)/t17-/m1/s1. The summed E-state index contributed by atoms with van der Waals surface area (Å²) in [7, 11) is 0. The zero-order valence-corrected chi connectivity index (χ0v) is 15.9. The quantitative estimate of drug-likeness (QED) is 0.631. The van der Waals surface area contributed by atoms with Gasteiger partial charge in [0.05, 0.1) is 6.21 Å². The van der Waals surface area contributed by atoms with Crippen molar-refractivity contribution in [3.63, 3.8) is 0 Å². The molecule has 0 radical (unpaired) electrons. The Balaban J connectivity index is 1.66. The van der Waals surface area contributed by atoms with Crippen LogP contribution in [0.4, 0.5) is 5.69 Å². The number of amidine groups is 1. The third-order valence-corrected chi connectivity index (χ3v) is 5.17. The third kappa shape index (κ3) is 5.27. The molecule has 3 rings (SSSR count). The van der Waals surface area contributed by atoms with Crippen molar-refractivity contribution in [2.24, 2.45) is 10.2 Å². The van der Waals surface area contributed by atoms with Crippen molar-refractivity contribution in [1.29, 1.82) is 0 Å². The van der Waals surface area contributed by atoms with E-state index in [1.807, 2.05) is 62.4 Å². The van der Waals surface area contributed by atoms with E-state index in [1.165, 1.54) is 11.8 Å². The van der Waals surface area contributed by atoms with E-state index in [2.05, 4.69) is 20.8 Å². The number of nitrogens with one attached hydrogen (secondary N) is 2. The molecule has 7 heteroatoms. The van der Waals surface area contributed by atoms with Crippen molar-refractivity contribution in [3.05, 3.63) is 65.2 Å². The fraction of sp³-hybridized carbons (Fsp3) is 0.200. The van der Waals surface area contributed by atoms with Crippen molar-refractivity contribution in [2.45, 2.75) is 25.5 Å². The molecule has 0 spiro atoms. The summed E-state index contributed by atoms with van der Waals surface area (Å²) in [6, 6.07) is 15.2. The summed E-state index contributed by atoms with van der Waals surface area (Å²) in [4.78, 5) is 24.5. The van der Waals surface area contributed by atoms with Crippen molar-refractivity contribution < 1.29 is 9.59 Å². The summed E-state index contributed by atoms with van der Waals surface area (Å²) >= 11 is 1.20. The van der Waals surface area contributed by atoms with Gasteiger partial charge in [0, 0.05) is 12.1 Å². The number of nitrogens with zero attached hydrogens (tertiary/aromatic N) is 2. The van der Waals surface area contributed by atoms with Crippen LogP contribution in [0.5, 0.6) is 0 Å². The number of aryl methyl sites for hydroxylation is 2. The largest absolute Gasteiger partial charge is 0.325 e. The lowest BCUT2D eigenvalue weighted by Crippen LogP contribution is -2.41. The molecule has 1 fully saturated rings. The predicted molar refractivity (Wildman–Crippen MR) is 110 cm³/mol. The van der Waals surface area contributed by atoms with Crippen molar-refractivity contribution >= 4 is 40.6 Å². The highest BCUT2D eigenvalue weighted by molar-refractivity contribution is 8.15. The monoisotopic (exact) mass is 380 g/mol. The number of carbonyl (C=O) groups is 2. The maximum Gasteiger partial charge on any atom is 0.238 e. The molecule has 1 aliphatic rings. The SMILES string of the molecule is Cc1ccc(NC(=O)[C@H]2CC(=O)N/C(=N\N=Cc3ccccc3)S2)cc1C. The molecule has 0 unspecified atom stereocenters. The van der Waals surface area contributed by atoms with Gasteiger partial charge in [-0.1, -0.05) is 48.2 Å². The van der Waals surface area contributed by atoms with Gasteiger partial charge in [-0.25, -0.2) is 0 Å². The van der Waals surface area contributed by atoms with Gasteiger partial charge in [-0.3, -0.25) is 9.59 Å². The molecule has 27 heavy (non-hydrogen) atoms. The van der Waals surface area contributed by atoms with Crippen molar-refractivity contribution in [2.75, 3.05) is 5.32 Å². The minimum absolute atomic E-state index is 0.1000. The van der Waals surface area contributed by atoms with E-state index < -0.39 is 5.25 Å². The summed E-state index contributed by atoms with van der Waals surface area (Å²) in [5.41, 5.74) is 3.87. The van der Waals surface area contributed by atoms with E-state index in [0.717, 1.165) is 22.4 Å². The molecular formula is C20H20N4O2S. The fourth-order valence-corrected chi connectivity index (χ4v) is 3.41. The van der Waals surface area contributed by atoms with Crippen molar-refractivity contribution in [1.82, 2.24) is 5.32 Å². The minimum Gasteiger partial charge on any atom is -0.325 e. The molecule has 0 saturated carbocycles. The molecule has 6 nitrogen and oxygen atoms in total. The van der Waals surface area contributed by atoms with Gasteiger partial charge in [0.25, 0.3) is 0 Å². The van der Waals surface area contributed by atoms with E-state index in [0.29, 0.717) is 5.17 Å². The minimum atomic E-state index is -0.550. The van der Waals surface area contributed by atoms with Crippen LogP contribution in [0.1, 0.15) is 23.1 Å². The van der Waals surface area contributed by atoms with Crippen molar-refractivity contribution in [3.8, 4) is 0 Å². The lowest BCUT2D eigenvalue weighted by atomic mass is 10.1. The van der Waals surface area contributed by atoms with Gasteiger partial charge < -0.3 is 10.6 Å². The van der Waals surface area contributed by atoms with Gasteiger partial charge in [-0.05, 0) is 42.7 Å². The predicted octanol–water partition coefficient (Wildman–Crippen LogP) is 3.25. The Labute approximate surface area is 162 Å². The first-order valence-corrected chi connectivity index (χ1v) is 9.40. The Morgan fingerprint density at radius 1 is 1.19 bits per heavy atom. The maximum absolute atomic E-state index is 12.5. The highest BCUT2D eigenvalue weighted by atomic mass is 32.2. The van der Waals surface area contributed by atoms with Crippen LogP contribution in [0.2, 0.25) is 0 Å². The zero-order chi connectivity index (χ0) is 19.2. The molecule has 2 aromatic carbocycles. The lowest BCUT2D eigenvalue weighted by Gasteiger charge is -2.21. The van der Waals surface area contributed by atoms with E-state index in [-0.39, 0.29) is 18.2 Å². The number of rotatable bonds is 4. The highest BCUT2D eigenvalue weighted by Gasteiger charge is 2.30. The van der Waals surface area contributed by atoms with Crippen LogP contribution in [-0.2, 0) is 9.59 Å². The Morgan fingerprint density at radius 2 is 1.96 bits per heavy atom. The van der Waals surface area contributed by atoms with Gasteiger partial charge in [-0.15, -0.1) is 5.10 Å². The van der Waals surface area contributed by atoms with Crippen LogP contribution in [0.15, 0.2) is 58.7 Å².